The van der Waals surface area contributed by atoms with Gasteiger partial charge in [-0.2, -0.15) is 0 Å². The highest BCUT2D eigenvalue weighted by Crippen LogP contribution is 2.22. The topological polar surface area (TPSA) is 65.6 Å². The number of nitrogens with zero attached hydrogens (tertiary/aromatic N) is 4. The van der Waals surface area contributed by atoms with Gasteiger partial charge in [-0.05, 0) is 20.8 Å². The molecule has 0 unspecified atom stereocenters. The van der Waals surface area contributed by atoms with Gasteiger partial charge in [0.2, 0.25) is 0 Å². The Morgan fingerprint density at radius 1 is 1.22 bits per heavy atom. The monoisotopic (exact) mass is 336 g/mol. The van der Waals surface area contributed by atoms with E-state index >= 15 is 0 Å². The fourth-order valence-corrected chi connectivity index (χ4v) is 3.76. The second kappa shape index (κ2) is 7.09. The summed E-state index contributed by atoms with van der Waals surface area (Å²) in [4.78, 5) is 10.4. The molecule has 0 aliphatic carbocycles. The molecule has 1 atom stereocenters. The lowest BCUT2D eigenvalue weighted by Gasteiger charge is -2.34. The standard InChI is InChI=1S/C16H24N4O2S/c1-11-15(13(3)22-18-11)10-20-6-4-19(5-7-20)9-14-8-17-16(23-14)12(2)21/h8,12,21H,4-7,9-10H2,1-3H3/t12-/m1/s1. The molecule has 0 radical (unpaired) electrons. The largest absolute Gasteiger partial charge is 0.386 e. The van der Waals surface area contributed by atoms with Crippen LogP contribution in [0.4, 0.5) is 0 Å². The molecule has 126 valence electrons. The van der Waals surface area contributed by atoms with Gasteiger partial charge in [-0.15, -0.1) is 11.3 Å². The van der Waals surface area contributed by atoms with E-state index in [1.807, 2.05) is 20.0 Å². The number of aromatic nitrogens is 2. The minimum absolute atomic E-state index is 0.472. The van der Waals surface area contributed by atoms with E-state index in [2.05, 4.69) is 19.9 Å². The van der Waals surface area contributed by atoms with Crippen LogP contribution >= 0.6 is 11.3 Å². The van der Waals surface area contributed by atoms with E-state index < -0.39 is 6.10 Å². The molecule has 0 saturated carbocycles. The summed E-state index contributed by atoms with van der Waals surface area (Å²) in [5.41, 5.74) is 2.22. The number of aryl methyl sites for hydroxylation is 2. The van der Waals surface area contributed by atoms with Crippen molar-refractivity contribution < 1.29 is 9.63 Å². The first-order valence-electron chi connectivity index (χ1n) is 8.02. The second-order valence-corrected chi connectivity index (χ2v) is 7.34. The van der Waals surface area contributed by atoms with E-state index in [9.17, 15) is 5.11 Å². The maximum atomic E-state index is 9.56. The van der Waals surface area contributed by atoms with Crippen molar-refractivity contribution in [3.8, 4) is 0 Å². The number of hydrogen-bond donors (Lipinski definition) is 1. The molecule has 6 nitrogen and oxygen atoms in total. The number of aliphatic hydroxyl groups is 1. The third-order valence-electron chi connectivity index (χ3n) is 4.34. The molecule has 2 aromatic rings. The predicted octanol–water partition coefficient (Wildman–Crippen LogP) is 2.12. The van der Waals surface area contributed by atoms with Crippen LogP contribution < -0.4 is 0 Å². The van der Waals surface area contributed by atoms with Gasteiger partial charge in [0.15, 0.2) is 0 Å². The molecular weight excluding hydrogens is 312 g/mol. The summed E-state index contributed by atoms with van der Waals surface area (Å²) in [6.07, 6.45) is 1.42. The van der Waals surface area contributed by atoms with Gasteiger partial charge in [0.05, 0.1) is 5.69 Å². The molecule has 0 aromatic carbocycles. The Morgan fingerprint density at radius 2 is 1.87 bits per heavy atom. The third kappa shape index (κ3) is 3.98. The average Bonchev–Trinajstić information content (AvgIpc) is 3.11. The zero-order valence-corrected chi connectivity index (χ0v) is 14.8. The SMILES string of the molecule is Cc1noc(C)c1CN1CCN(Cc2cnc([C@@H](C)O)s2)CC1. The van der Waals surface area contributed by atoms with E-state index in [0.29, 0.717) is 0 Å². The van der Waals surface area contributed by atoms with Crippen molar-refractivity contribution in [2.45, 2.75) is 40.0 Å². The van der Waals surface area contributed by atoms with Crippen molar-refractivity contribution >= 4 is 11.3 Å². The summed E-state index contributed by atoms with van der Waals surface area (Å²) in [5.74, 6) is 0.931. The summed E-state index contributed by atoms with van der Waals surface area (Å²) in [5, 5.41) is 14.4. The molecule has 3 heterocycles. The van der Waals surface area contributed by atoms with Crippen LogP contribution in [-0.4, -0.2) is 51.2 Å². The van der Waals surface area contributed by atoms with E-state index in [-0.39, 0.29) is 0 Å². The van der Waals surface area contributed by atoms with Gasteiger partial charge in [-0.1, -0.05) is 5.16 Å². The van der Waals surface area contributed by atoms with Crippen molar-refractivity contribution in [3.05, 3.63) is 33.1 Å². The highest BCUT2D eigenvalue weighted by atomic mass is 32.1. The Balaban J connectivity index is 1.50. The summed E-state index contributed by atoms with van der Waals surface area (Å²) in [7, 11) is 0. The smallest absolute Gasteiger partial charge is 0.138 e. The lowest BCUT2D eigenvalue weighted by atomic mass is 10.2. The van der Waals surface area contributed by atoms with Crippen LogP contribution in [-0.2, 0) is 13.1 Å². The molecule has 0 amide bonds. The van der Waals surface area contributed by atoms with Crippen LogP contribution in [0.2, 0.25) is 0 Å². The first kappa shape index (κ1) is 16.6. The summed E-state index contributed by atoms with van der Waals surface area (Å²) < 4.78 is 5.25. The van der Waals surface area contributed by atoms with Crippen LogP contribution in [0.3, 0.4) is 0 Å². The number of thiazole rings is 1. The van der Waals surface area contributed by atoms with Crippen molar-refractivity contribution in [1.82, 2.24) is 19.9 Å². The lowest BCUT2D eigenvalue weighted by molar-refractivity contribution is 0.122. The number of hydrogen-bond acceptors (Lipinski definition) is 7. The summed E-state index contributed by atoms with van der Waals surface area (Å²) in [6.45, 7) is 11.8. The third-order valence-corrected chi connectivity index (χ3v) is 5.49. The fraction of sp³-hybridized carbons (Fsp3) is 0.625. The van der Waals surface area contributed by atoms with Crippen LogP contribution in [0.1, 0.15) is 39.9 Å². The van der Waals surface area contributed by atoms with Crippen LogP contribution in [0.25, 0.3) is 0 Å². The van der Waals surface area contributed by atoms with E-state index in [1.54, 1.807) is 18.3 Å². The Morgan fingerprint density at radius 3 is 2.39 bits per heavy atom. The molecule has 3 rings (SSSR count). The molecule has 1 N–H and O–H groups in total. The van der Waals surface area contributed by atoms with Crippen LogP contribution in [0.15, 0.2) is 10.7 Å². The summed E-state index contributed by atoms with van der Waals surface area (Å²) in [6, 6.07) is 0. The van der Waals surface area contributed by atoms with Crippen molar-refractivity contribution in [2.75, 3.05) is 26.2 Å². The highest BCUT2D eigenvalue weighted by Gasteiger charge is 2.20. The van der Waals surface area contributed by atoms with E-state index in [4.69, 9.17) is 4.52 Å². The van der Waals surface area contributed by atoms with Gasteiger partial charge < -0.3 is 9.63 Å². The molecule has 1 fully saturated rings. The van der Waals surface area contributed by atoms with Crippen molar-refractivity contribution in [1.29, 1.82) is 0 Å². The summed E-state index contributed by atoms with van der Waals surface area (Å²) >= 11 is 1.61. The predicted molar refractivity (Wildman–Crippen MR) is 89.3 cm³/mol. The van der Waals surface area contributed by atoms with Crippen LogP contribution in [0, 0.1) is 13.8 Å². The molecule has 1 saturated heterocycles. The van der Waals surface area contributed by atoms with Crippen molar-refractivity contribution in [2.24, 2.45) is 0 Å². The number of rotatable bonds is 5. The van der Waals surface area contributed by atoms with Crippen LogP contribution in [0.5, 0.6) is 0 Å². The lowest BCUT2D eigenvalue weighted by Crippen LogP contribution is -2.45. The zero-order chi connectivity index (χ0) is 16.4. The Bertz CT molecular complexity index is 625. The minimum atomic E-state index is -0.472. The van der Waals surface area contributed by atoms with Crippen molar-refractivity contribution in [3.63, 3.8) is 0 Å². The average molecular weight is 336 g/mol. The molecule has 0 bridgehead atoms. The van der Waals surface area contributed by atoms with Gasteiger partial charge in [0, 0.05) is 55.9 Å². The normalized spacial score (nSPS) is 18.4. The number of piperazine rings is 1. The van der Waals surface area contributed by atoms with E-state index in [1.165, 1.54) is 10.4 Å². The fourth-order valence-electron chi connectivity index (χ4n) is 2.87. The molecule has 0 spiro atoms. The Kier molecular flexibility index (Phi) is 5.11. The van der Waals surface area contributed by atoms with E-state index in [0.717, 1.165) is 55.7 Å². The molecule has 1 aliphatic rings. The van der Waals surface area contributed by atoms with Gasteiger partial charge in [0.25, 0.3) is 0 Å². The molecule has 7 heteroatoms. The van der Waals surface area contributed by atoms with Gasteiger partial charge in [-0.25, -0.2) is 4.98 Å². The van der Waals surface area contributed by atoms with Gasteiger partial charge in [0.1, 0.15) is 16.9 Å². The Labute approximate surface area is 140 Å². The van der Waals surface area contributed by atoms with Gasteiger partial charge in [-0.3, -0.25) is 9.80 Å². The molecule has 23 heavy (non-hydrogen) atoms. The maximum Gasteiger partial charge on any atom is 0.138 e. The second-order valence-electron chi connectivity index (χ2n) is 6.20. The zero-order valence-electron chi connectivity index (χ0n) is 13.9. The molecule has 2 aromatic heterocycles. The Hall–Kier alpha value is -1.28. The first-order chi connectivity index (χ1) is 11.0. The van der Waals surface area contributed by atoms with Gasteiger partial charge >= 0.3 is 0 Å². The highest BCUT2D eigenvalue weighted by molar-refractivity contribution is 7.11. The quantitative estimate of drug-likeness (QED) is 0.902. The molecule has 1 aliphatic heterocycles. The minimum Gasteiger partial charge on any atom is -0.386 e. The first-order valence-corrected chi connectivity index (χ1v) is 8.83. The maximum absolute atomic E-state index is 9.56. The molecular formula is C16H24N4O2S. The number of aliphatic hydroxyl groups excluding tert-OH is 1.